The number of fused-ring (bicyclic) bond motifs is 1. The molecule has 4 aromatic rings. The van der Waals surface area contributed by atoms with Crippen molar-refractivity contribution in [1.29, 1.82) is 0 Å². The molecule has 0 aliphatic carbocycles. The second kappa shape index (κ2) is 8.41. The lowest BCUT2D eigenvalue weighted by molar-refractivity contribution is 0.0951. The molecule has 8 heteroatoms. The third-order valence-corrected chi connectivity index (χ3v) is 6.18. The average Bonchev–Trinajstić information content (AvgIpc) is 3.28. The molecule has 0 saturated carbocycles. The van der Waals surface area contributed by atoms with Crippen LogP contribution in [0.5, 0.6) is 5.06 Å². The molecule has 5 nitrogen and oxygen atoms in total. The predicted octanol–water partition coefficient (Wildman–Crippen LogP) is 6.08. The van der Waals surface area contributed by atoms with E-state index < -0.39 is 0 Å². The Morgan fingerprint density at radius 3 is 2.76 bits per heavy atom. The van der Waals surface area contributed by atoms with Crippen molar-refractivity contribution in [2.45, 2.75) is 0 Å². The fourth-order valence-corrected chi connectivity index (χ4v) is 4.49. The Labute approximate surface area is 184 Å². The van der Waals surface area contributed by atoms with E-state index in [1.807, 2.05) is 48.5 Å². The highest BCUT2D eigenvalue weighted by atomic mass is 79.9. The number of benzene rings is 2. The minimum absolute atomic E-state index is 0.331. The Balaban J connectivity index is 1.67. The molecule has 0 aliphatic heterocycles. The number of ether oxygens (including phenoxy) is 1. The normalized spacial score (nSPS) is 11.3. The van der Waals surface area contributed by atoms with E-state index in [2.05, 4.69) is 31.4 Å². The summed E-state index contributed by atoms with van der Waals surface area (Å²) in [6.07, 6.45) is 1.54. The first-order chi connectivity index (χ1) is 14.1. The highest BCUT2D eigenvalue weighted by Gasteiger charge is 2.19. The predicted molar refractivity (Wildman–Crippen MR) is 122 cm³/mol. The quantitative estimate of drug-likeness (QED) is 0.264. The van der Waals surface area contributed by atoms with Gasteiger partial charge in [0.05, 0.1) is 23.2 Å². The molecule has 0 atom stereocenters. The summed E-state index contributed by atoms with van der Waals surface area (Å²) >= 11 is 10.9. The van der Waals surface area contributed by atoms with Gasteiger partial charge >= 0.3 is 0 Å². The number of methoxy groups -OCH3 is 1. The number of hydrogen-bond donors (Lipinski definition) is 2. The van der Waals surface area contributed by atoms with Crippen molar-refractivity contribution in [3.63, 3.8) is 0 Å². The van der Waals surface area contributed by atoms with Crippen molar-refractivity contribution in [3.8, 4) is 16.2 Å². The van der Waals surface area contributed by atoms with Gasteiger partial charge in [-0.3, -0.25) is 4.79 Å². The van der Waals surface area contributed by atoms with E-state index in [1.165, 1.54) is 11.3 Å². The van der Waals surface area contributed by atoms with Crippen molar-refractivity contribution in [1.82, 2.24) is 10.4 Å². The van der Waals surface area contributed by atoms with Crippen LogP contribution in [0.2, 0.25) is 5.02 Å². The SMILES string of the molecule is COc1sc(/C=N/NC(=O)c2[nH]c3ccc(Br)cc3c2-c2ccccc2)cc1Cl. The number of nitrogens with one attached hydrogen (secondary N) is 2. The highest BCUT2D eigenvalue weighted by molar-refractivity contribution is 9.10. The molecule has 2 aromatic heterocycles. The fourth-order valence-electron chi connectivity index (χ4n) is 3.02. The van der Waals surface area contributed by atoms with Crippen molar-refractivity contribution >= 4 is 61.9 Å². The van der Waals surface area contributed by atoms with Gasteiger partial charge in [-0.05, 0) is 29.8 Å². The van der Waals surface area contributed by atoms with E-state index in [1.54, 1.807) is 19.4 Å². The van der Waals surface area contributed by atoms with Gasteiger partial charge in [0.2, 0.25) is 0 Å². The summed E-state index contributed by atoms with van der Waals surface area (Å²) < 4.78 is 6.10. The monoisotopic (exact) mass is 487 g/mol. The van der Waals surface area contributed by atoms with Crippen molar-refractivity contribution in [3.05, 3.63) is 74.7 Å². The van der Waals surface area contributed by atoms with E-state index in [0.717, 1.165) is 31.4 Å². The standard InChI is InChI=1S/C21H15BrClN3O2S/c1-28-21-16(23)10-14(29-21)11-24-26-20(27)19-18(12-5-3-2-4-6-12)15-9-13(22)7-8-17(15)25-19/h2-11,25H,1H3,(H,26,27)/b24-11+. The first-order valence-corrected chi connectivity index (χ1v) is 10.6. The van der Waals surface area contributed by atoms with Gasteiger partial charge in [-0.25, -0.2) is 5.43 Å². The third kappa shape index (κ3) is 4.07. The van der Waals surface area contributed by atoms with E-state index >= 15 is 0 Å². The minimum Gasteiger partial charge on any atom is -0.486 e. The Kier molecular flexibility index (Phi) is 5.71. The second-order valence-electron chi connectivity index (χ2n) is 6.12. The van der Waals surface area contributed by atoms with Crippen LogP contribution >= 0.6 is 38.9 Å². The van der Waals surface area contributed by atoms with Gasteiger partial charge in [0.25, 0.3) is 5.91 Å². The van der Waals surface area contributed by atoms with Crippen LogP contribution in [-0.4, -0.2) is 24.2 Å². The van der Waals surface area contributed by atoms with E-state index in [9.17, 15) is 4.79 Å². The van der Waals surface area contributed by atoms with Gasteiger partial charge in [-0.1, -0.05) is 69.2 Å². The summed E-state index contributed by atoms with van der Waals surface area (Å²) in [5.74, 6) is -0.331. The van der Waals surface area contributed by atoms with E-state index in [0.29, 0.717) is 15.8 Å². The number of carbonyl (C=O) groups excluding carboxylic acids is 1. The summed E-state index contributed by atoms with van der Waals surface area (Å²) in [6, 6.07) is 17.4. The number of carbonyl (C=O) groups is 1. The molecule has 0 fully saturated rings. The van der Waals surface area contributed by atoms with E-state index in [-0.39, 0.29) is 5.91 Å². The maximum absolute atomic E-state index is 12.9. The maximum atomic E-state index is 12.9. The molecule has 4 rings (SSSR count). The number of amides is 1. The van der Waals surface area contributed by atoms with Crippen LogP contribution < -0.4 is 10.2 Å². The number of aromatic amines is 1. The minimum atomic E-state index is -0.331. The molecule has 2 heterocycles. The first-order valence-electron chi connectivity index (χ1n) is 8.60. The molecule has 2 N–H and O–H groups in total. The maximum Gasteiger partial charge on any atom is 0.288 e. The molecule has 29 heavy (non-hydrogen) atoms. The fraction of sp³-hybridized carbons (Fsp3) is 0.0476. The molecule has 1 amide bonds. The first kappa shape index (κ1) is 19.7. The van der Waals surface area contributed by atoms with Crippen LogP contribution in [0, 0.1) is 0 Å². The number of halogens is 2. The Hall–Kier alpha value is -2.61. The van der Waals surface area contributed by atoms with Gasteiger partial charge in [0, 0.05) is 20.9 Å². The van der Waals surface area contributed by atoms with Gasteiger partial charge in [-0.15, -0.1) is 0 Å². The molecule has 0 aliphatic rings. The zero-order valence-electron chi connectivity index (χ0n) is 15.2. The molecule has 0 spiro atoms. The van der Waals surface area contributed by atoms with Crippen molar-refractivity contribution in [2.24, 2.45) is 5.10 Å². The van der Waals surface area contributed by atoms with Crippen LogP contribution in [0.4, 0.5) is 0 Å². The topological polar surface area (TPSA) is 66.5 Å². The van der Waals surface area contributed by atoms with Crippen LogP contribution in [0.15, 0.2) is 64.2 Å². The Morgan fingerprint density at radius 2 is 2.03 bits per heavy atom. The zero-order valence-corrected chi connectivity index (χ0v) is 18.4. The summed E-state index contributed by atoms with van der Waals surface area (Å²) in [5.41, 5.74) is 5.68. The number of hydrazone groups is 1. The lowest BCUT2D eigenvalue weighted by atomic mass is 10.0. The Bertz CT molecular complexity index is 1220. The molecular weight excluding hydrogens is 474 g/mol. The Morgan fingerprint density at radius 1 is 1.24 bits per heavy atom. The van der Waals surface area contributed by atoms with Crippen LogP contribution in [0.1, 0.15) is 15.4 Å². The molecular formula is C21H15BrClN3O2S. The van der Waals surface area contributed by atoms with Crippen molar-refractivity contribution < 1.29 is 9.53 Å². The number of thiophene rings is 1. The molecule has 0 radical (unpaired) electrons. The number of rotatable bonds is 5. The third-order valence-electron chi connectivity index (χ3n) is 4.27. The summed E-state index contributed by atoms with van der Waals surface area (Å²) in [5, 5.41) is 6.14. The summed E-state index contributed by atoms with van der Waals surface area (Å²) in [4.78, 5) is 16.9. The number of aromatic nitrogens is 1. The van der Waals surface area contributed by atoms with Gasteiger partial charge < -0.3 is 9.72 Å². The molecule has 0 unspecified atom stereocenters. The summed E-state index contributed by atoms with van der Waals surface area (Å²) in [6.45, 7) is 0. The van der Waals surface area contributed by atoms with Gasteiger partial charge in [0.15, 0.2) is 5.06 Å². The smallest absolute Gasteiger partial charge is 0.288 e. The van der Waals surface area contributed by atoms with E-state index in [4.69, 9.17) is 16.3 Å². The van der Waals surface area contributed by atoms with Gasteiger partial charge in [0.1, 0.15) is 5.69 Å². The second-order valence-corrected chi connectivity index (χ2v) is 8.49. The molecule has 2 aromatic carbocycles. The van der Waals surface area contributed by atoms with Crippen molar-refractivity contribution in [2.75, 3.05) is 7.11 Å². The number of hydrogen-bond acceptors (Lipinski definition) is 4. The van der Waals surface area contributed by atoms with Crippen LogP contribution in [-0.2, 0) is 0 Å². The van der Waals surface area contributed by atoms with Gasteiger partial charge in [-0.2, -0.15) is 5.10 Å². The van der Waals surface area contributed by atoms with Crippen LogP contribution in [0.25, 0.3) is 22.0 Å². The summed E-state index contributed by atoms with van der Waals surface area (Å²) in [7, 11) is 1.56. The number of H-pyrrole nitrogens is 1. The molecule has 146 valence electrons. The molecule has 0 bridgehead atoms. The molecule has 0 saturated heterocycles. The highest BCUT2D eigenvalue weighted by Crippen LogP contribution is 2.35. The zero-order chi connectivity index (χ0) is 20.4. The lowest BCUT2D eigenvalue weighted by Crippen LogP contribution is -2.18. The largest absolute Gasteiger partial charge is 0.486 e. The average molecular weight is 489 g/mol. The van der Waals surface area contributed by atoms with Crippen LogP contribution in [0.3, 0.4) is 0 Å². The number of nitrogens with zero attached hydrogens (tertiary/aromatic N) is 1. The lowest BCUT2D eigenvalue weighted by Gasteiger charge is -2.04.